The number of carbonyl (C=O) groups excluding carboxylic acids is 2. The lowest BCUT2D eigenvalue weighted by Crippen LogP contribution is -2.61. The number of nitrogens with zero attached hydrogens (tertiary/aromatic N) is 2. The predicted molar refractivity (Wildman–Crippen MR) is 98.7 cm³/mol. The first kappa shape index (κ1) is 18.5. The molecule has 1 atom stereocenters. The van der Waals surface area contributed by atoms with E-state index in [1.807, 2.05) is 4.90 Å². The minimum Gasteiger partial charge on any atom is -0.493 e. The van der Waals surface area contributed by atoms with Gasteiger partial charge in [-0.3, -0.25) is 9.59 Å². The van der Waals surface area contributed by atoms with Gasteiger partial charge in [-0.25, -0.2) is 0 Å². The van der Waals surface area contributed by atoms with Crippen LogP contribution in [0.25, 0.3) is 0 Å². The largest absolute Gasteiger partial charge is 0.493 e. The molecule has 1 spiro atoms. The van der Waals surface area contributed by atoms with Crippen LogP contribution in [0.4, 0.5) is 0 Å². The molecule has 0 aliphatic carbocycles. The number of hydrogen-bond acceptors (Lipinski definition) is 4. The lowest BCUT2D eigenvalue weighted by atomic mass is 9.85. The maximum Gasteiger partial charge on any atom is 0.254 e. The summed E-state index contributed by atoms with van der Waals surface area (Å²) in [5, 5.41) is 0. The fraction of sp³-hybridized carbons (Fsp3) is 0.600. The highest BCUT2D eigenvalue weighted by atomic mass is 16.5. The number of benzene rings is 1. The van der Waals surface area contributed by atoms with Gasteiger partial charge in [-0.1, -0.05) is 6.92 Å². The van der Waals surface area contributed by atoms with E-state index in [-0.39, 0.29) is 11.8 Å². The van der Waals surface area contributed by atoms with Gasteiger partial charge in [0.05, 0.1) is 14.2 Å². The average Bonchev–Trinajstić information content (AvgIpc) is 3.09. The first-order valence-electron chi connectivity index (χ1n) is 9.40. The highest BCUT2D eigenvalue weighted by Crippen LogP contribution is 2.40. The van der Waals surface area contributed by atoms with Crippen molar-refractivity contribution in [3.05, 3.63) is 23.8 Å². The number of ether oxygens (including phenoxy) is 2. The monoisotopic (exact) mass is 360 g/mol. The van der Waals surface area contributed by atoms with Crippen LogP contribution in [0.1, 0.15) is 49.4 Å². The summed E-state index contributed by atoms with van der Waals surface area (Å²) < 4.78 is 10.6. The Kier molecular flexibility index (Phi) is 5.39. The molecule has 2 amide bonds. The maximum atomic E-state index is 13.3. The second-order valence-corrected chi connectivity index (χ2v) is 7.06. The zero-order chi connectivity index (χ0) is 18.7. The third-order valence-electron chi connectivity index (χ3n) is 5.56. The van der Waals surface area contributed by atoms with E-state index < -0.39 is 5.54 Å². The van der Waals surface area contributed by atoms with Crippen LogP contribution in [0.3, 0.4) is 0 Å². The van der Waals surface area contributed by atoms with Crippen molar-refractivity contribution in [1.82, 2.24) is 9.80 Å². The number of likely N-dealkylation sites (tertiary alicyclic amines) is 2. The van der Waals surface area contributed by atoms with Crippen LogP contribution in [0.15, 0.2) is 18.2 Å². The molecule has 2 saturated heterocycles. The molecule has 142 valence electrons. The standard InChI is InChI=1S/C20H28N2O4/c1-4-11-21-12-5-9-20(19(21)24)10-6-13-22(20)18(23)15-7-8-16(25-2)17(14-15)26-3/h7-8,14H,4-6,9-13H2,1-3H3. The molecule has 0 N–H and O–H groups in total. The van der Waals surface area contributed by atoms with E-state index >= 15 is 0 Å². The van der Waals surface area contributed by atoms with E-state index in [4.69, 9.17) is 9.47 Å². The summed E-state index contributed by atoms with van der Waals surface area (Å²) in [7, 11) is 3.12. The Labute approximate surface area is 155 Å². The number of rotatable bonds is 5. The van der Waals surface area contributed by atoms with E-state index in [0.717, 1.165) is 45.2 Å². The summed E-state index contributed by atoms with van der Waals surface area (Å²) >= 11 is 0. The molecular formula is C20H28N2O4. The van der Waals surface area contributed by atoms with Crippen LogP contribution in [0.2, 0.25) is 0 Å². The molecule has 2 heterocycles. The highest BCUT2D eigenvalue weighted by Gasteiger charge is 2.52. The van der Waals surface area contributed by atoms with Crippen LogP contribution < -0.4 is 9.47 Å². The summed E-state index contributed by atoms with van der Waals surface area (Å²) in [6, 6.07) is 5.18. The third kappa shape index (κ3) is 3.02. The highest BCUT2D eigenvalue weighted by molar-refractivity contribution is 6.00. The minimum absolute atomic E-state index is 0.102. The molecule has 0 radical (unpaired) electrons. The quantitative estimate of drug-likeness (QED) is 0.810. The summed E-state index contributed by atoms with van der Waals surface area (Å²) in [5.41, 5.74) is -0.137. The second kappa shape index (κ2) is 7.56. The molecule has 1 unspecified atom stereocenters. The summed E-state index contributed by atoms with van der Waals surface area (Å²) in [6.07, 6.45) is 4.26. The molecular weight excluding hydrogens is 332 g/mol. The van der Waals surface area contributed by atoms with Gasteiger partial charge in [0.1, 0.15) is 5.54 Å². The summed E-state index contributed by atoms with van der Waals surface area (Å²) in [5.74, 6) is 1.13. The molecule has 3 rings (SSSR count). The van der Waals surface area contributed by atoms with Crippen molar-refractivity contribution in [1.29, 1.82) is 0 Å². The van der Waals surface area contributed by atoms with Crippen LogP contribution in [-0.4, -0.2) is 61.0 Å². The van der Waals surface area contributed by atoms with Crippen molar-refractivity contribution in [2.45, 2.75) is 44.6 Å². The topological polar surface area (TPSA) is 59.1 Å². The van der Waals surface area contributed by atoms with Gasteiger partial charge in [0, 0.05) is 25.2 Å². The van der Waals surface area contributed by atoms with Gasteiger partial charge in [-0.15, -0.1) is 0 Å². The molecule has 0 bridgehead atoms. The minimum atomic E-state index is -0.669. The fourth-order valence-electron chi connectivity index (χ4n) is 4.33. The lowest BCUT2D eigenvalue weighted by molar-refractivity contribution is -0.145. The van der Waals surface area contributed by atoms with Crippen molar-refractivity contribution in [3.63, 3.8) is 0 Å². The van der Waals surface area contributed by atoms with Gasteiger partial charge < -0.3 is 19.3 Å². The Bertz CT molecular complexity index is 688. The summed E-state index contributed by atoms with van der Waals surface area (Å²) in [6.45, 7) is 4.26. The molecule has 6 nitrogen and oxygen atoms in total. The smallest absolute Gasteiger partial charge is 0.254 e. The molecule has 0 aromatic heterocycles. The molecule has 1 aromatic rings. The fourth-order valence-corrected chi connectivity index (χ4v) is 4.33. The van der Waals surface area contributed by atoms with Crippen LogP contribution >= 0.6 is 0 Å². The zero-order valence-electron chi connectivity index (χ0n) is 15.9. The molecule has 2 fully saturated rings. The maximum absolute atomic E-state index is 13.3. The normalized spacial score (nSPS) is 22.8. The Hall–Kier alpha value is -2.24. The van der Waals surface area contributed by atoms with Crippen LogP contribution in [0.5, 0.6) is 11.5 Å². The molecule has 2 aliphatic rings. The Morgan fingerprint density at radius 1 is 1.12 bits per heavy atom. The molecule has 0 saturated carbocycles. The van der Waals surface area contributed by atoms with E-state index in [0.29, 0.717) is 23.6 Å². The molecule has 2 aliphatic heterocycles. The van der Waals surface area contributed by atoms with Crippen LogP contribution in [-0.2, 0) is 4.79 Å². The van der Waals surface area contributed by atoms with E-state index in [2.05, 4.69) is 6.92 Å². The molecule has 26 heavy (non-hydrogen) atoms. The van der Waals surface area contributed by atoms with Gasteiger partial charge in [0.25, 0.3) is 5.91 Å². The van der Waals surface area contributed by atoms with Crippen LogP contribution in [0, 0.1) is 0 Å². The van der Waals surface area contributed by atoms with Crippen molar-refractivity contribution in [2.24, 2.45) is 0 Å². The SMILES string of the molecule is CCCN1CCCC2(CCCN2C(=O)c2ccc(OC)c(OC)c2)C1=O. The van der Waals surface area contributed by atoms with Gasteiger partial charge in [-0.2, -0.15) is 0 Å². The van der Waals surface area contributed by atoms with Crippen molar-refractivity contribution < 1.29 is 19.1 Å². The number of hydrogen-bond donors (Lipinski definition) is 0. The third-order valence-corrected chi connectivity index (χ3v) is 5.56. The Morgan fingerprint density at radius 3 is 2.46 bits per heavy atom. The first-order valence-corrected chi connectivity index (χ1v) is 9.40. The number of amides is 2. The van der Waals surface area contributed by atoms with Crippen molar-refractivity contribution in [2.75, 3.05) is 33.9 Å². The average molecular weight is 360 g/mol. The first-order chi connectivity index (χ1) is 12.6. The van der Waals surface area contributed by atoms with Gasteiger partial charge in [-0.05, 0) is 50.3 Å². The van der Waals surface area contributed by atoms with Crippen molar-refractivity contribution in [3.8, 4) is 11.5 Å². The van der Waals surface area contributed by atoms with E-state index in [9.17, 15) is 9.59 Å². The van der Waals surface area contributed by atoms with Crippen molar-refractivity contribution >= 4 is 11.8 Å². The van der Waals surface area contributed by atoms with E-state index in [1.54, 1.807) is 37.3 Å². The van der Waals surface area contributed by atoms with E-state index in [1.165, 1.54) is 0 Å². The number of methoxy groups -OCH3 is 2. The van der Waals surface area contributed by atoms with Gasteiger partial charge in [0.2, 0.25) is 5.91 Å². The predicted octanol–water partition coefficient (Wildman–Crippen LogP) is 2.71. The molecule has 6 heteroatoms. The summed E-state index contributed by atoms with van der Waals surface area (Å²) in [4.78, 5) is 30.2. The number of piperidine rings is 1. The second-order valence-electron chi connectivity index (χ2n) is 7.06. The zero-order valence-corrected chi connectivity index (χ0v) is 15.9. The molecule has 1 aromatic carbocycles. The van der Waals surface area contributed by atoms with Gasteiger partial charge in [0.15, 0.2) is 11.5 Å². The lowest BCUT2D eigenvalue weighted by Gasteiger charge is -2.44. The number of carbonyl (C=O) groups is 2. The van der Waals surface area contributed by atoms with Gasteiger partial charge >= 0.3 is 0 Å². The Balaban J connectivity index is 1.90. The Morgan fingerprint density at radius 2 is 1.81 bits per heavy atom.